The van der Waals surface area contributed by atoms with Gasteiger partial charge < -0.3 is 14.2 Å². The Morgan fingerprint density at radius 3 is 2.74 bits per heavy atom. The van der Waals surface area contributed by atoms with Crippen molar-refractivity contribution >= 4 is 11.9 Å². The van der Waals surface area contributed by atoms with Crippen molar-refractivity contribution in [3.63, 3.8) is 0 Å². The number of hydrogen-bond donors (Lipinski definition) is 0. The lowest BCUT2D eigenvalue weighted by Gasteiger charge is -2.09. The number of ether oxygens (including phenoxy) is 3. The third kappa shape index (κ3) is 3.45. The minimum atomic E-state index is -0.822. The van der Waals surface area contributed by atoms with Gasteiger partial charge in [-0.25, -0.2) is 9.59 Å². The Balaban J connectivity index is 1.79. The fraction of sp³-hybridized carbons (Fsp3) is 0.308. The minimum absolute atomic E-state index is 0.271. The van der Waals surface area contributed by atoms with Gasteiger partial charge in [0.15, 0.2) is 6.61 Å². The fourth-order valence-electron chi connectivity index (χ4n) is 1.55. The standard InChI is InChI=1S/C13H11NO5/c14-7-9-1-3-10(4-2-9)18-8-12(15)19-11-5-6-17-13(11)16/h1-4,11H,5-6,8H2. The first kappa shape index (κ1) is 12.9. The van der Waals surface area contributed by atoms with Crippen molar-refractivity contribution < 1.29 is 23.8 Å². The Kier molecular flexibility index (Phi) is 3.98. The minimum Gasteiger partial charge on any atom is -0.482 e. The van der Waals surface area contributed by atoms with Crippen molar-refractivity contribution in [1.82, 2.24) is 0 Å². The van der Waals surface area contributed by atoms with Gasteiger partial charge in [0.1, 0.15) is 5.75 Å². The highest BCUT2D eigenvalue weighted by molar-refractivity contribution is 5.81. The number of benzene rings is 1. The maximum atomic E-state index is 11.4. The van der Waals surface area contributed by atoms with E-state index in [4.69, 9.17) is 14.7 Å². The molecule has 1 aliphatic rings. The van der Waals surface area contributed by atoms with Crippen LogP contribution < -0.4 is 4.74 Å². The summed E-state index contributed by atoms with van der Waals surface area (Å²) in [5, 5.41) is 8.62. The number of carbonyl (C=O) groups excluding carboxylic acids is 2. The molecule has 0 spiro atoms. The largest absolute Gasteiger partial charge is 0.482 e. The van der Waals surface area contributed by atoms with Gasteiger partial charge in [0, 0.05) is 6.42 Å². The summed E-state index contributed by atoms with van der Waals surface area (Å²) in [5.41, 5.74) is 0.503. The molecular formula is C13H11NO5. The van der Waals surface area contributed by atoms with Gasteiger partial charge in [-0.1, -0.05) is 0 Å². The SMILES string of the molecule is N#Cc1ccc(OCC(=O)OC2CCOC2=O)cc1. The molecule has 1 atom stereocenters. The molecule has 98 valence electrons. The predicted octanol–water partition coefficient (Wildman–Crippen LogP) is 0.796. The smallest absolute Gasteiger partial charge is 0.347 e. The van der Waals surface area contributed by atoms with Crippen LogP contribution >= 0.6 is 0 Å². The zero-order valence-electron chi connectivity index (χ0n) is 10.00. The predicted molar refractivity (Wildman–Crippen MR) is 62.1 cm³/mol. The normalized spacial score (nSPS) is 17.4. The number of esters is 2. The van der Waals surface area contributed by atoms with Crippen LogP contribution in [0.5, 0.6) is 5.75 Å². The Bertz CT molecular complexity index is 517. The molecule has 0 bridgehead atoms. The molecule has 1 aromatic carbocycles. The highest BCUT2D eigenvalue weighted by atomic mass is 16.6. The maximum absolute atomic E-state index is 11.4. The van der Waals surface area contributed by atoms with E-state index in [-0.39, 0.29) is 13.2 Å². The summed E-state index contributed by atoms with van der Waals surface area (Å²) in [6.45, 7) is -0.0249. The molecule has 19 heavy (non-hydrogen) atoms. The van der Waals surface area contributed by atoms with Crippen LogP contribution in [-0.4, -0.2) is 31.3 Å². The van der Waals surface area contributed by atoms with E-state index in [0.717, 1.165) is 0 Å². The molecule has 1 aromatic rings. The Labute approximate surface area is 109 Å². The number of carbonyl (C=O) groups is 2. The van der Waals surface area contributed by atoms with Crippen molar-refractivity contribution in [3.8, 4) is 11.8 Å². The highest BCUT2D eigenvalue weighted by Crippen LogP contribution is 2.13. The second-order valence-corrected chi connectivity index (χ2v) is 3.86. The topological polar surface area (TPSA) is 85.6 Å². The van der Waals surface area contributed by atoms with Crippen LogP contribution in [0.25, 0.3) is 0 Å². The average molecular weight is 261 g/mol. The quantitative estimate of drug-likeness (QED) is 0.745. The van der Waals surface area contributed by atoms with Crippen LogP contribution in [0.1, 0.15) is 12.0 Å². The van der Waals surface area contributed by atoms with Gasteiger partial charge in [-0.15, -0.1) is 0 Å². The molecule has 1 aliphatic heterocycles. The van der Waals surface area contributed by atoms with Gasteiger partial charge in [-0.05, 0) is 24.3 Å². The summed E-state index contributed by atoms with van der Waals surface area (Å²) in [6, 6.07) is 8.29. The first-order valence-corrected chi connectivity index (χ1v) is 5.68. The Morgan fingerprint density at radius 2 is 2.16 bits per heavy atom. The fourth-order valence-corrected chi connectivity index (χ4v) is 1.55. The molecule has 0 aliphatic carbocycles. The Hall–Kier alpha value is -2.55. The summed E-state index contributed by atoms with van der Waals surface area (Å²) in [4.78, 5) is 22.5. The van der Waals surface area contributed by atoms with E-state index in [2.05, 4.69) is 4.74 Å². The van der Waals surface area contributed by atoms with Crippen LogP contribution in [0.15, 0.2) is 24.3 Å². The lowest BCUT2D eigenvalue weighted by atomic mass is 10.2. The molecule has 0 amide bonds. The summed E-state index contributed by atoms with van der Waals surface area (Å²) in [7, 11) is 0. The molecule has 6 heteroatoms. The number of nitriles is 1. The van der Waals surface area contributed by atoms with E-state index in [1.54, 1.807) is 24.3 Å². The Morgan fingerprint density at radius 1 is 1.42 bits per heavy atom. The third-order valence-electron chi connectivity index (χ3n) is 2.50. The zero-order valence-corrected chi connectivity index (χ0v) is 10.00. The van der Waals surface area contributed by atoms with E-state index in [1.807, 2.05) is 6.07 Å². The van der Waals surface area contributed by atoms with Crippen LogP contribution in [0.3, 0.4) is 0 Å². The molecule has 1 fully saturated rings. The van der Waals surface area contributed by atoms with E-state index < -0.39 is 18.0 Å². The second-order valence-electron chi connectivity index (χ2n) is 3.86. The number of hydrogen-bond acceptors (Lipinski definition) is 6. The van der Waals surface area contributed by atoms with Crippen LogP contribution in [0, 0.1) is 11.3 Å². The number of cyclic esters (lactones) is 1. The zero-order chi connectivity index (χ0) is 13.7. The molecule has 0 saturated carbocycles. The van der Waals surface area contributed by atoms with Gasteiger partial charge >= 0.3 is 11.9 Å². The summed E-state index contributed by atoms with van der Waals surface area (Å²) in [5.74, 6) is -0.704. The van der Waals surface area contributed by atoms with Gasteiger partial charge in [-0.3, -0.25) is 0 Å². The first-order valence-electron chi connectivity index (χ1n) is 5.68. The number of rotatable bonds is 4. The van der Waals surface area contributed by atoms with E-state index in [9.17, 15) is 9.59 Å². The van der Waals surface area contributed by atoms with Crippen LogP contribution in [0.4, 0.5) is 0 Å². The van der Waals surface area contributed by atoms with E-state index in [1.165, 1.54) is 0 Å². The first-order chi connectivity index (χ1) is 9.19. The molecular weight excluding hydrogens is 250 g/mol. The summed E-state index contributed by atoms with van der Waals surface area (Å²) < 4.78 is 14.7. The molecule has 1 unspecified atom stereocenters. The number of nitrogens with zero attached hydrogens (tertiary/aromatic N) is 1. The van der Waals surface area contributed by atoms with Gasteiger partial charge in [-0.2, -0.15) is 5.26 Å². The lowest BCUT2D eigenvalue weighted by molar-refractivity contribution is -0.161. The molecule has 0 radical (unpaired) electrons. The van der Waals surface area contributed by atoms with Crippen molar-refractivity contribution in [3.05, 3.63) is 29.8 Å². The molecule has 1 saturated heterocycles. The van der Waals surface area contributed by atoms with Crippen molar-refractivity contribution in [2.75, 3.05) is 13.2 Å². The van der Waals surface area contributed by atoms with Crippen molar-refractivity contribution in [1.29, 1.82) is 5.26 Å². The van der Waals surface area contributed by atoms with Gasteiger partial charge in [0.25, 0.3) is 0 Å². The molecule has 1 heterocycles. The summed E-state index contributed by atoms with van der Waals surface area (Å²) >= 11 is 0. The lowest BCUT2D eigenvalue weighted by Crippen LogP contribution is -2.26. The van der Waals surface area contributed by atoms with Crippen molar-refractivity contribution in [2.45, 2.75) is 12.5 Å². The van der Waals surface area contributed by atoms with Gasteiger partial charge in [0.05, 0.1) is 18.2 Å². The molecule has 2 rings (SSSR count). The maximum Gasteiger partial charge on any atom is 0.347 e. The van der Waals surface area contributed by atoms with Crippen LogP contribution in [0.2, 0.25) is 0 Å². The van der Waals surface area contributed by atoms with Crippen LogP contribution in [-0.2, 0) is 19.1 Å². The third-order valence-corrected chi connectivity index (χ3v) is 2.50. The average Bonchev–Trinajstić information content (AvgIpc) is 2.82. The van der Waals surface area contributed by atoms with Gasteiger partial charge in [0.2, 0.25) is 6.10 Å². The highest BCUT2D eigenvalue weighted by Gasteiger charge is 2.30. The second kappa shape index (κ2) is 5.87. The molecule has 0 N–H and O–H groups in total. The van der Waals surface area contributed by atoms with Crippen molar-refractivity contribution in [2.24, 2.45) is 0 Å². The summed E-state index contributed by atoms with van der Waals surface area (Å²) in [6.07, 6.45) is -0.446. The monoisotopic (exact) mass is 261 g/mol. The molecule has 0 aromatic heterocycles. The van der Waals surface area contributed by atoms with E-state index >= 15 is 0 Å². The molecule has 6 nitrogen and oxygen atoms in total. The van der Waals surface area contributed by atoms with E-state index in [0.29, 0.717) is 17.7 Å².